The zero-order valence-electron chi connectivity index (χ0n) is 10.8. The van der Waals surface area contributed by atoms with Crippen LogP contribution in [0, 0.1) is 0 Å². The summed E-state index contributed by atoms with van der Waals surface area (Å²) in [6.45, 7) is 2.24. The van der Waals surface area contributed by atoms with E-state index in [0.29, 0.717) is 0 Å². The van der Waals surface area contributed by atoms with E-state index in [0.717, 1.165) is 25.0 Å². The maximum atomic E-state index is 11.2. The van der Waals surface area contributed by atoms with Crippen molar-refractivity contribution in [2.24, 2.45) is 0 Å². The van der Waals surface area contributed by atoms with Crippen LogP contribution in [0.15, 0.2) is 29.2 Å². The molecule has 0 heterocycles. The average molecular weight is 297 g/mol. The zero-order valence-corrected chi connectivity index (χ0v) is 13.6. The van der Waals surface area contributed by atoms with Crippen LogP contribution in [-0.2, 0) is 14.9 Å². The van der Waals surface area contributed by atoms with E-state index in [-0.39, 0.29) is 46.8 Å². The first kappa shape index (κ1) is 18.4. The standard InChI is InChI=1S/C11H14O6S.Na/c1-2-3-8-16-11(12)17-9-4-6-10(7-5-9)18(13,14)15;/h4-7H,2-3,8H2,1H3,(H,13,14,15);/q;+1. The van der Waals surface area contributed by atoms with Crippen LogP contribution in [0.25, 0.3) is 0 Å². The van der Waals surface area contributed by atoms with Crippen LogP contribution < -0.4 is 34.3 Å². The first-order chi connectivity index (χ1) is 8.43. The Morgan fingerprint density at radius 3 is 2.32 bits per heavy atom. The Hall–Kier alpha value is -0.600. The van der Waals surface area contributed by atoms with E-state index < -0.39 is 16.3 Å². The molecule has 100 valence electrons. The molecule has 0 unspecified atom stereocenters. The van der Waals surface area contributed by atoms with Gasteiger partial charge in [0.15, 0.2) is 0 Å². The quantitative estimate of drug-likeness (QED) is 0.253. The summed E-state index contributed by atoms with van der Waals surface area (Å²) in [5.41, 5.74) is 0. The van der Waals surface area contributed by atoms with Gasteiger partial charge < -0.3 is 9.47 Å². The number of carbonyl (C=O) groups excluding carboxylic acids is 1. The van der Waals surface area contributed by atoms with Crippen LogP contribution in [0.4, 0.5) is 4.79 Å². The van der Waals surface area contributed by atoms with Crippen LogP contribution in [0.3, 0.4) is 0 Å². The second-order valence-corrected chi connectivity index (χ2v) is 4.92. The second-order valence-electron chi connectivity index (χ2n) is 3.50. The molecule has 0 radical (unpaired) electrons. The minimum Gasteiger partial charge on any atom is -0.434 e. The minimum atomic E-state index is -4.24. The SMILES string of the molecule is CCCCOC(=O)Oc1ccc(S(=O)(=O)O)cc1.[Na+]. The van der Waals surface area contributed by atoms with E-state index in [9.17, 15) is 13.2 Å². The molecule has 19 heavy (non-hydrogen) atoms. The smallest absolute Gasteiger partial charge is 0.434 e. The molecule has 1 N–H and O–H groups in total. The Morgan fingerprint density at radius 2 is 1.84 bits per heavy atom. The molecule has 0 amide bonds. The molecular formula is C11H14NaO6S+. The second kappa shape index (κ2) is 8.55. The normalized spacial score (nSPS) is 10.4. The fraction of sp³-hybridized carbons (Fsp3) is 0.364. The van der Waals surface area contributed by atoms with E-state index in [1.807, 2.05) is 6.92 Å². The predicted molar refractivity (Wildman–Crippen MR) is 63.1 cm³/mol. The molecule has 8 heteroatoms. The topological polar surface area (TPSA) is 89.9 Å². The van der Waals surface area contributed by atoms with Crippen LogP contribution in [0.1, 0.15) is 19.8 Å². The van der Waals surface area contributed by atoms with Crippen molar-refractivity contribution in [2.45, 2.75) is 24.7 Å². The van der Waals surface area contributed by atoms with Gasteiger partial charge in [-0.25, -0.2) is 4.79 Å². The Labute approximate surface area is 134 Å². The number of benzene rings is 1. The fourth-order valence-electron chi connectivity index (χ4n) is 1.11. The summed E-state index contributed by atoms with van der Waals surface area (Å²) < 4.78 is 39.8. The third kappa shape index (κ3) is 6.93. The van der Waals surface area contributed by atoms with Crippen LogP contribution >= 0.6 is 0 Å². The van der Waals surface area contributed by atoms with Crippen LogP contribution in [0.2, 0.25) is 0 Å². The van der Waals surface area contributed by atoms with Crippen molar-refractivity contribution < 1.29 is 56.8 Å². The average Bonchev–Trinajstić information content (AvgIpc) is 2.29. The Bertz CT molecular complexity index is 496. The summed E-state index contributed by atoms with van der Waals surface area (Å²) in [5, 5.41) is 0. The summed E-state index contributed by atoms with van der Waals surface area (Å²) in [6.07, 6.45) is 0.802. The number of rotatable bonds is 5. The zero-order chi connectivity index (χ0) is 13.6. The summed E-state index contributed by atoms with van der Waals surface area (Å²) in [4.78, 5) is 10.9. The van der Waals surface area contributed by atoms with Gasteiger partial charge in [0.25, 0.3) is 10.1 Å². The molecule has 0 fully saturated rings. The number of hydrogen-bond acceptors (Lipinski definition) is 5. The minimum absolute atomic E-state index is 0. The van der Waals surface area contributed by atoms with Gasteiger partial charge in [0.2, 0.25) is 0 Å². The molecule has 0 saturated carbocycles. The van der Waals surface area contributed by atoms with E-state index in [1.165, 1.54) is 12.1 Å². The summed E-state index contributed by atoms with van der Waals surface area (Å²) in [7, 11) is -4.24. The molecule has 0 saturated heterocycles. The van der Waals surface area contributed by atoms with Crippen molar-refractivity contribution in [3.63, 3.8) is 0 Å². The van der Waals surface area contributed by atoms with Gasteiger partial charge in [-0.05, 0) is 30.7 Å². The molecule has 0 bridgehead atoms. The largest absolute Gasteiger partial charge is 1.00 e. The van der Waals surface area contributed by atoms with Crippen molar-refractivity contribution in [1.29, 1.82) is 0 Å². The molecule has 6 nitrogen and oxygen atoms in total. The third-order valence-corrected chi connectivity index (χ3v) is 2.91. The molecule has 1 rings (SSSR count). The van der Waals surface area contributed by atoms with Crippen molar-refractivity contribution in [2.75, 3.05) is 6.61 Å². The Morgan fingerprint density at radius 1 is 1.26 bits per heavy atom. The molecule has 1 aromatic carbocycles. The van der Waals surface area contributed by atoms with Gasteiger partial charge in [-0.2, -0.15) is 8.42 Å². The number of ether oxygens (including phenoxy) is 2. The predicted octanol–water partition coefficient (Wildman–Crippen LogP) is -0.747. The van der Waals surface area contributed by atoms with Crippen molar-refractivity contribution in [3.05, 3.63) is 24.3 Å². The van der Waals surface area contributed by atoms with Gasteiger partial charge in [-0.15, -0.1) is 0 Å². The Kier molecular flexibility index (Phi) is 8.28. The third-order valence-electron chi connectivity index (χ3n) is 2.04. The van der Waals surface area contributed by atoms with Gasteiger partial charge in [0.05, 0.1) is 11.5 Å². The van der Waals surface area contributed by atoms with Gasteiger partial charge >= 0.3 is 35.7 Å². The van der Waals surface area contributed by atoms with Crippen LogP contribution in [-0.4, -0.2) is 25.7 Å². The Balaban J connectivity index is 0.00000324. The number of carbonyl (C=O) groups is 1. The van der Waals surface area contributed by atoms with Gasteiger partial charge in [-0.3, -0.25) is 4.55 Å². The van der Waals surface area contributed by atoms with E-state index in [2.05, 4.69) is 0 Å². The van der Waals surface area contributed by atoms with E-state index >= 15 is 0 Å². The van der Waals surface area contributed by atoms with Crippen molar-refractivity contribution in [3.8, 4) is 5.75 Å². The van der Waals surface area contributed by atoms with Gasteiger partial charge in [0, 0.05) is 0 Å². The van der Waals surface area contributed by atoms with E-state index in [1.54, 1.807) is 0 Å². The fourth-order valence-corrected chi connectivity index (χ4v) is 1.59. The summed E-state index contributed by atoms with van der Waals surface area (Å²) in [5.74, 6) is 0.142. The maximum Gasteiger partial charge on any atom is 1.00 e. The molecule has 0 aliphatic heterocycles. The molecule has 0 atom stereocenters. The molecule has 0 aliphatic carbocycles. The van der Waals surface area contributed by atoms with Gasteiger partial charge in [0.1, 0.15) is 5.75 Å². The molecule has 1 aromatic rings. The molecule has 0 aromatic heterocycles. The monoisotopic (exact) mass is 297 g/mol. The first-order valence-electron chi connectivity index (χ1n) is 5.35. The summed E-state index contributed by atoms with van der Waals surface area (Å²) >= 11 is 0. The number of unbranched alkanes of at least 4 members (excludes halogenated alkanes) is 1. The van der Waals surface area contributed by atoms with Crippen molar-refractivity contribution in [1.82, 2.24) is 0 Å². The summed E-state index contributed by atoms with van der Waals surface area (Å²) in [6, 6.07) is 4.77. The first-order valence-corrected chi connectivity index (χ1v) is 6.79. The van der Waals surface area contributed by atoms with Crippen LogP contribution in [0.5, 0.6) is 5.75 Å². The molecule has 0 aliphatic rings. The van der Waals surface area contributed by atoms with Gasteiger partial charge in [-0.1, -0.05) is 13.3 Å². The number of hydrogen-bond donors (Lipinski definition) is 1. The maximum absolute atomic E-state index is 11.2. The van der Waals surface area contributed by atoms with Crippen molar-refractivity contribution >= 4 is 16.3 Å². The molecule has 0 spiro atoms. The van der Waals surface area contributed by atoms with E-state index in [4.69, 9.17) is 14.0 Å². The molecular weight excluding hydrogens is 283 g/mol.